The highest BCUT2D eigenvalue weighted by Crippen LogP contribution is 2.29. The largest absolute Gasteiger partial charge is 0.433 e. The summed E-state index contributed by atoms with van der Waals surface area (Å²) in [6.45, 7) is 5.08. The quantitative estimate of drug-likeness (QED) is 0.305. The van der Waals surface area contributed by atoms with Gasteiger partial charge in [0.1, 0.15) is 5.69 Å². The molecule has 3 rings (SSSR count). The fourth-order valence-corrected chi connectivity index (χ4v) is 2.01. The third kappa shape index (κ3) is 10.4. The molecule has 33 heavy (non-hydrogen) atoms. The molecule has 0 N–H and O–H groups in total. The first-order chi connectivity index (χ1) is 15.0. The Morgan fingerprint density at radius 1 is 0.485 bits per heavy atom. The maximum absolute atomic E-state index is 11.9. The van der Waals surface area contributed by atoms with Crippen LogP contribution in [0.2, 0.25) is 0 Å². The van der Waals surface area contributed by atoms with Gasteiger partial charge < -0.3 is 0 Å². The Hall–Kier alpha value is -3.11. The number of nitrogens with zero attached hydrogens (tertiary/aromatic N) is 2. The molecule has 2 aromatic heterocycles. The van der Waals surface area contributed by atoms with E-state index in [0.717, 1.165) is 41.6 Å². The summed E-state index contributed by atoms with van der Waals surface area (Å²) in [6, 6.07) is 9.76. The van der Waals surface area contributed by atoms with E-state index in [1.54, 1.807) is 20.8 Å². The summed E-state index contributed by atoms with van der Waals surface area (Å²) in [5.74, 6) is 0. The van der Waals surface area contributed by atoms with Gasteiger partial charge in [0.2, 0.25) is 0 Å². The van der Waals surface area contributed by atoms with Crippen molar-refractivity contribution in [1.82, 2.24) is 9.97 Å². The van der Waals surface area contributed by atoms with Gasteiger partial charge in [-0.15, -0.1) is 0 Å². The standard InChI is InChI=1S/C8H7F3.2C7H6F3N/c1-6-2-4-7(5-3-6)8(9,10)11;1-5-2-3-6(4-11-5)7(8,9)10;1-5-2-3-6(11-4-5)7(8,9)10/h2-5H,1H3;2*2-4H,1H3. The van der Waals surface area contributed by atoms with Gasteiger partial charge in [-0.25, -0.2) is 0 Å². The van der Waals surface area contributed by atoms with E-state index in [0.29, 0.717) is 5.69 Å². The van der Waals surface area contributed by atoms with Crippen molar-refractivity contribution >= 4 is 0 Å². The molecule has 2 heterocycles. The van der Waals surface area contributed by atoms with Crippen LogP contribution in [0.5, 0.6) is 0 Å². The Kier molecular flexibility index (Phi) is 9.44. The number of hydrogen-bond acceptors (Lipinski definition) is 2. The Morgan fingerprint density at radius 2 is 0.970 bits per heavy atom. The molecule has 0 bridgehead atoms. The predicted octanol–water partition coefficient (Wildman–Crippen LogP) is 7.83. The molecule has 0 radical (unpaired) electrons. The fourth-order valence-electron chi connectivity index (χ4n) is 2.01. The smallest absolute Gasteiger partial charge is 0.261 e. The van der Waals surface area contributed by atoms with E-state index in [9.17, 15) is 39.5 Å². The van der Waals surface area contributed by atoms with Crippen LogP contribution in [-0.2, 0) is 18.5 Å². The minimum atomic E-state index is -4.33. The molecule has 180 valence electrons. The SMILES string of the molecule is Cc1ccc(C(F)(F)F)cc1.Cc1ccc(C(F)(F)F)cn1.Cc1ccc(C(F)(F)F)nc1. The van der Waals surface area contributed by atoms with Crippen molar-refractivity contribution in [3.05, 3.63) is 94.6 Å². The van der Waals surface area contributed by atoms with E-state index in [-0.39, 0.29) is 0 Å². The third-order valence-electron chi connectivity index (χ3n) is 3.82. The van der Waals surface area contributed by atoms with E-state index in [1.165, 1.54) is 30.5 Å². The van der Waals surface area contributed by atoms with Crippen molar-refractivity contribution in [3.8, 4) is 0 Å². The van der Waals surface area contributed by atoms with Gasteiger partial charge in [-0.3, -0.25) is 9.97 Å². The summed E-state index contributed by atoms with van der Waals surface area (Å²) in [5.41, 5.74) is -0.0108. The topological polar surface area (TPSA) is 25.8 Å². The average Bonchev–Trinajstić information content (AvgIpc) is 2.68. The predicted molar refractivity (Wildman–Crippen MR) is 104 cm³/mol. The molecule has 11 heteroatoms. The first-order valence-corrected chi connectivity index (χ1v) is 9.13. The zero-order chi connectivity index (χ0) is 25.4. The lowest BCUT2D eigenvalue weighted by Gasteiger charge is -2.05. The molecular formula is C22H19F9N2. The Bertz CT molecular complexity index is 839. The van der Waals surface area contributed by atoms with Crippen LogP contribution in [0.3, 0.4) is 0 Å². The second kappa shape index (κ2) is 11.2. The Labute approximate surface area is 184 Å². The molecule has 1 aromatic carbocycles. The van der Waals surface area contributed by atoms with E-state index < -0.39 is 35.3 Å². The van der Waals surface area contributed by atoms with Crippen molar-refractivity contribution in [2.24, 2.45) is 0 Å². The lowest BCUT2D eigenvalue weighted by atomic mass is 10.1. The monoisotopic (exact) mass is 482 g/mol. The van der Waals surface area contributed by atoms with E-state index in [1.807, 2.05) is 0 Å². The molecule has 2 nitrogen and oxygen atoms in total. The molecule has 0 saturated carbocycles. The minimum absolute atomic E-state index is 0.581. The maximum Gasteiger partial charge on any atom is 0.433 e. The lowest BCUT2D eigenvalue weighted by Crippen LogP contribution is -2.07. The van der Waals surface area contributed by atoms with Crippen molar-refractivity contribution < 1.29 is 39.5 Å². The van der Waals surface area contributed by atoms with E-state index >= 15 is 0 Å². The molecule has 0 aliphatic carbocycles. The van der Waals surface area contributed by atoms with E-state index in [4.69, 9.17) is 0 Å². The Balaban J connectivity index is 0.000000247. The average molecular weight is 482 g/mol. The summed E-state index contributed by atoms with van der Waals surface area (Å²) in [6.07, 6.45) is -10.8. The first-order valence-electron chi connectivity index (χ1n) is 9.13. The fraction of sp³-hybridized carbons (Fsp3) is 0.273. The van der Waals surface area contributed by atoms with Gasteiger partial charge in [0.05, 0.1) is 11.1 Å². The van der Waals surface area contributed by atoms with Crippen LogP contribution in [0.25, 0.3) is 0 Å². The molecule has 0 fully saturated rings. The molecule has 0 atom stereocenters. The highest BCUT2D eigenvalue weighted by atomic mass is 19.4. The highest BCUT2D eigenvalue weighted by molar-refractivity contribution is 5.23. The van der Waals surface area contributed by atoms with E-state index in [2.05, 4.69) is 9.97 Å². The summed E-state index contributed by atoms with van der Waals surface area (Å²) in [4.78, 5) is 6.75. The highest BCUT2D eigenvalue weighted by Gasteiger charge is 2.32. The van der Waals surface area contributed by atoms with Crippen molar-refractivity contribution in [2.45, 2.75) is 39.3 Å². The van der Waals surface area contributed by atoms with Gasteiger partial charge in [0, 0.05) is 18.1 Å². The first kappa shape index (κ1) is 27.9. The van der Waals surface area contributed by atoms with Crippen LogP contribution in [0, 0.1) is 20.8 Å². The van der Waals surface area contributed by atoms with Crippen molar-refractivity contribution in [2.75, 3.05) is 0 Å². The second-order valence-electron chi connectivity index (χ2n) is 6.77. The normalized spacial score (nSPS) is 11.6. The van der Waals surface area contributed by atoms with Gasteiger partial charge >= 0.3 is 18.5 Å². The maximum atomic E-state index is 11.9. The molecule has 0 aliphatic rings. The molecule has 0 amide bonds. The number of rotatable bonds is 0. The number of aryl methyl sites for hydroxylation is 3. The number of benzene rings is 1. The second-order valence-corrected chi connectivity index (χ2v) is 6.77. The molecule has 0 saturated heterocycles. The van der Waals surface area contributed by atoms with Gasteiger partial charge in [0.15, 0.2) is 0 Å². The Morgan fingerprint density at radius 3 is 1.33 bits per heavy atom. The molecule has 0 unspecified atom stereocenters. The van der Waals surface area contributed by atoms with Crippen LogP contribution in [0.1, 0.15) is 33.6 Å². The minimum Gasteiger partial charge on any atom is -0.261 e. The lowest BCUT2D eigenvalue weighted by molar-refractivity contribution is -0.141. The van der Waals surface area contributed by atoms with Gasteiger partial charge in [-0.05, 0) is 56.7 Å². The van der Waals surface area contributed by atoms with Gasteiger partial charge in [-0.1, -0.05) is 23.8 Å². The van der Waals surface area contributed by atoms with Gasteiger partial charge in [-0.2, -0.15) is 39.5 Å². The van der Waals surface area contributed by atoms with Crippen molar-refractivity contribution in [1.29, 1.82) is 0 Å². The van der Waals surface area contributed by atoms with Crippen LogP contribution >= 0.6 is 0 Å². The number of hydrogen-bond donors (Lipinski definition) is 0. The van der Waals surface area contributed by atoms with Gasteiger partial charge in [0.25, 0.3) is 0 Å². The van der Waals surface area contributed by atoms with Crippen LogP contribution in [0.15, 0.2) is 60.9 Å². The number of halogens is 9. The molecular weight excluding hydrogens is 463 g/mol. The summed E-state index contributed by atoms with van der Waals surface area (Å²) < 4.78 is 107. The molecule has 0 aliphatic heterocycles. The number of pyridine rings is 2. The summed E-state index contributed by atoms with van der Waals surface area (Å²) in [5, 5.41) is 0. The van der Waals surface area contributed by atoms with Crippen LogP contribution in [-0.4, -0.2) is 9.97 Å². The molecule has 0 spiro atoms. The number of alkyl halides is 9. The third-order valence-corrected chi connectivity index (χ3v) is 3.82. The molecule has 3 aromatic rings. The van der Waals surface area contributed by atoms with Crippen LogP contribution < -0.4 is 0 Å². The van der Waals surface area contributed by atoms with Crippen LogP contribution in [0.4, 0.5) is 39.5 Å². The number of aromatic nitrogens is 2. The van der Waals surface area contributed by atoms with Crippen molar-refractivity contribution in [3.63, 3.8) is 0 Å². The zero-order valence-electron chi connectivity index (χ0n) is 17.6. The zero-order valence-corrected chi connectivity index (χ0v) is 17.6. The summed E-state index contributed by atoms with van der Waals surface area (Å²) in [7, 11) is 0. The summed E-state index contributed by atoms with van der Waals surface area (Å²) >= 11 is 0.